The van der Waals surface area contributed by atoms with E-state index in [-0.39, 0.29) is 37.2 Å². The van der Waals surface area contributed by atoms with Crippen LogP contribution < -0.4 is 11.3 Å². The molecule has 5 N–H and O–H groups in total. The van der Waals surface area contributed by atoms with Gasteiger partial charge in [0.2, 0.25) is 0 Å². The van der Waals surface area contributed by atoms with E-state index in [0.29, 0.717) is 23.4 Å². The van der Waals surface area contributed by atoms with E-state index in [9.17, 15) is 5.11 Å². The molecule has 0 aromatic carbocycles. The zero-order chi connectivity index (χ0) is 9.84. The fraction of sp³-hybridized carbons (Fsp3) is 0.375. The van der Waals surface area contributed by atoms with Crippen molar-refractivity contribution in [1.82, 2.24) is 10.4 Å². The minimum absolute atomic E-state index is 0. The summed E-state index contributed by atoms with van der Waals surface area (Å²) in [6.45, 7) is 1.85. The van der Waals surface area contributed by atoms with E-state index < -0.39 is 0 Å². The Morgan fingerprint density at radius 3 is 2.53 bits per heavy atom. The van der Waals surface area contributed by atoms with Crippen LogP contribution in [0.15, 0.2) is 6.20 Å². The molecule has 0 radical (unpaired) electrons. The van der Waals surface area contributed by atoms with Crippen LogP contribution in [0.1, 0.15) is 16.8 Å². The Kier molecular flexibility index (Phi) is 8.60. The van der Waals surface area contributed by atoms with Crippen LogP contribution in [0.3, 0.4) is 0 Å². The Morgan fingerprint density at radius 2 is 2.07 bits per heavy atom. The van der Waals surface area contributed by atoms with Gasteiger partial charge in [0.25, 0.3) is 0 Å². The van der Waals surface area contributed by atoms with Crippen LogP contribution in [0, 0.1) is 6.92 Å². The molecular weight excluding hydrogens is 241 g/mol. The molecule has 1 aromatic rings. The van der Waals surface area contributed by atoms with Gasteiger partial charge >= 0.3 is 0 Å². The van der Waals surface area contributed by atoms with Crippen LogP contribution in [-0.4, -0.2) is 15.2 Å². The van der Waals surface area contributed by atoms with E-state index in [0.717, 1.165) is 0 Å². The number of aryl methyl sites for hydroxylation is 1. The van der Waals surface area contributed by atoms with Crippen LogP contribution in [0.25, 0.3) is 0 Å². The summed E-state index contributed by atoms with van der Waals surface area (Å²) in [5.41, 5.74) is 4.14. The molecule has 0 spiro atoms. The summed E-state index contributed by atoms with van der Waals surface area (Å²) < 4.78 is 0. The lowest BCUT2D eigenvalue weighted by Crippen LogP contribution is -2.22. The number of halogens is 2. The van der Waals surface area contributed by atoms with Crippen molar-refractivity contribution in [2.45, 2.75) is 20.1 Å². The highest BCUT2D eigenvalue weighted by molar-refractivity contribution is 5.85. The number of hydrogen-bond donors (Lipinski definition) is 4. The number of aliphatic hydroxyl groups excluding tert-OH is 1. The number of pyridine rings is 1. The van der Waals surface area contributed by atoms with E-state index in [1.165, 1.54) is 6.20 Å². The molecule has 0 atom stereocenters. The van der Waals surface area contributed by atoms with Crippen molar-refractivity contribution >= 4 is 24.8 Å². The third-order valence-electron chi connectivity index (χ3n) is 1.88. The van der Waals surface area contributed by atoms with Gasteiger partial charge in [-0.3, -0.25) is 16.3 Å². The number of nitrogens with two attached hydrogens (primary N) is 1. The summed E-state index contributed by atoms with van der Waals surface area (Å²) in [5, 5.41) is 18.5. The normalized spacial score (nSPS) is 9.00. The second kappa shape index (κ2) is 7.67. The quantitative estimate of drug-likeness (QED) is 0.464. The van der Waals surface area contributed by atoms with Crippen molar-refractivity contribution in [2.75, 3.05) is 0 Å². The Hall–Kier alpha value is -0.590. The first-order valence-electron chi connectivity index (χ1n) is 3.91. The van der Waals surface area contributed by atoms with Gasteiger partial charge < -0.3 is 10.2 Å². The van der Waals surface area contributed by atoms with Crippen molar-refractivity contribution in [1.29, 1.82) is 0 Å². The summed E-state index contributed by atoms with van der Waals surface area (Å²) >= 11 is 0. The van der Waals surface area contributed by atoms with Gasteiger partial charge in [-0.15, -0.1) is 24.8 Å². The molecule has 7 heteroatoms. The van der Waals surface area contributed by atoms with Gasteiger partial charge in [-0.25, -0.2) is 0 Å². The van der Waals surface area contributed by atoms with Gasteiger partial charge in [-0.1, -0.05) is 0 Å². The molecule has 5 nitrogen and oxygen atoms in total. The Bertz CT molecular complexity index is 310. The molecule has 0 bridgehead atoms. The van der Waals surface area contributed by atoms with Gasteiger partial charge in [-0.2, -0.15) is 0 Å². The van der Waals surface area contributed by atoms with Crippen LogP contribution in [-0.2, 0) is 13.2 Å². The maximum Gasteiger partial charge on any atom is 0.141 e. The molecular formula is C8H15Cl2N3O2. The lowest BCUT2D eigenvalue weighted by molar-refractivity contribution is 0.278. The standard InChI is InChI=1S/C8H13N3O2.2ClH/c1-5-8(13)7(3-11-9)6(4-12)2-10-5;;/h2,11-13H,3-4,9H2,1H3;2*1H. The number of aliphatic hydroxyl groups is 1. The minimum Gasteiger partial charge on any atom is -0.506 e. The predicted octanol–water partition coefficient (Wildman–Crippen LogP) is 0.395. The summed E-state index contributed by atoms with van der Waals surface area (Å²) in [6.07, 6.45) is 1.53. The van der Waals surface area contributed by atoms with E-state index in [2.05, 4.69) is 10.4 Å². The Balaban J connectivity index is 0. The molecule has 15 heavy (non-hydrogen) atoms. The average molecular weight is 256 g/mol. The largest absolute Gasteiger partial charge is 0.506 e. The molecule has 0 aliphatic rings. The van der Waals surface area contributed by atoms with Gasteiger partial charge in [-0.05, 0) is 6.92 Å². The smallest absolute Gasteiger partial charge is 0.141 e. The first kappa shape index (κ1) is 16.8. The monoisotopic (exact) mass is 255 g/mol. The maximum absolute atomic E-state index is 9.57. The molecule has 1 heterocycles. The number of nitrogens with zero attached hydrogens (tertiary/aromatic N) is 1. The van der Waals surface area contributed by atoms with Gasteiger partial charge in [0.15, 0.2) is 0 Å². The second-order valence-corrected chi connectivity index (χ2v) is 2.74. The first-order valence-corrected chi connectivity index (χ1v) is 3.91. The van der Waals surface area contributed by atoms with Crippen molar-refractivity contribution in [3.63, 3.8) is 0 Å². The second-order valence-electron chi connectivity index (χ2n) is 2.74. The maximum atomic E-state index is 9.57. The molecule has 0 saturated heterocycles. The summed E-state index contributed by atoms with van der Waals surface area (Å²) in [6, 6.07) is 0. The summed E-state index contributed by atoms with van der Waals surface area (Å²) in [4.78, 5) is 3.91. The SMILES string of the molecule is Cc1ncc(CO)c(CNN)c1O.Cl.Cl. The van der Waals surface area contributed by atoms with Crippen LogP contribution >= 0.6 is 24.8 Å². The molecule has 0 aliphatic heterocycles. The fourth-order valence-electron chi connectivity index (χ4n) is 1.12. The lowest BCUT2D eigenvalue weighted by atomic mass is 10.1. The molecule has 0 saturated carbocycles. The van der Waals surface area contributed by atoms with E-state index in [4.69, 9.17) is 10.9 Å². The Morgan fingerprint density at radius 1 is 1.47 bits per heavy atom. The van der Waals surface area contributed by atoms with Gasteiger partial charge in [0, 0.05) is 23.9 Å². The van der Waals surface area contributed by atoms with Crippen molar-refractivity contribution in [3.05, 3.63) is 23.0 Å². The lowest BCUT2D eigenvalue weighted by Gasteiger charge is -2.10. The number of hydrogen-bond acceptors (Lipinski definition) is 5. The molecule has 0 fully saturated rings. The van der Waals surface area contributed by atoms with Crippen molar-refractivity contribution < 1.29 is 10.2 Å². The number of rotatable bonds is 3. The number of hydrazine groups is 1. The molecule has 0 unspecified atom stereocenters. The number of aromatic hydroxyl groups is 1. The molecule has 0 amide bonds. The summed E-state index contributed by atoms with van der Waals surface area (Å²) in [7, 11) is 0. The average Bonchev–Trinajstić information content (AvgIpc) is 2.14. The van der Waals surface area contributed by atoms with E-state index in [1.54, 1.807) is 6.92 Å². The summed E-state index contributed by atoms with van der Waals surface area (Å²) in [5.74, 6) is 5.23. The third-order valence-corrected chi connectivity index (χ3v) is 1.88. The first-order chi connectivity index (χ1) is 6.20. The van der Waals surface area contributed by atoms with Crippen LogP contribution in [0.5, 0.6) is 5.75 Å². The molecule has 1 aromatic heterocycles. The van der Waals surface area contributed by atoms with E-state index >= 15 is 0 Å². The zero-order valence-electron chi connectivity index (χ0n) is 8.23. The third kappa shape index (κ3) is 3.81. The van der Waals surface area contributed by atoms with E-state index in [1.807, 2.05) is 0 Å². The van der Waals surface area contributed by atoms with Crippen LogP contribution in [0.2, 0.25) is 0 Å². The highest BCUT2D eigenvalue weighted by atomic mass is 35.5. The van der Waals surface area contributed by atoms with Crippen molar-refractivity contribution in [2.24, 2.45) is 5.84 Å². The highest BCUT2D eigenvalue weighted by Crippen LogP contribution is 2.23. The number of aromatic nitrogens is 1. The fourth-order valence-corrected chi connectivity index (χ4v) is 1.12. The molecule has 88 valence electrons. The van der Waals surface area contributed by atoms with Crippen molar-refractivity contribution in [3.8, 4) is 5.75 Å². The molecule has 1 rings (SSSR count). The topological polar surface area (TPSA) is 91.4 Å². The van der Waals surface area contributed by atoms with Crippen LogP contribution in [0.4, 0.5) is 0 Å². The van der Waals surface area contributed by atoms with Gasteiger partial charge in [0.05, 0.1) is 12.3 Å². The predicted molar refractivity (Wildman–Crippen MR) is 62.1 cm³/mol. The number of nitrogens with one attached hydrogen (secondary N) is 1. The minimum atomic E-state index is -0.155. The Labute approximate surface area is 101 Å². The van der Waals surface area contributed by atoms with Gasteiger partial charge in [0.1, 0.15) is 5.75 Å². The zero-order valence-corrected chi connectivity index (χ0v) is 9.86. The highest BCUT2D eigenvalue weighted by Gasteiger charge is 2.09. The molecule has 0 aliphatic carbocycles.